The van der Waals surface area contributed by atoms with Crippen molar-refractivity contribution in [2.24, 2.45) is 11.8 Å². The number of rotatable bonds is 5. The number of halogens is 1. The second kappa shape index (κ2) is 7.07. The minimum Gasteiger partial charge on any atom is -0.444 e. The molecule has 0 aromatic rings. The zero-order valence-electron chi connectivity index (χ0n) is 14.3. The van der Waals surface area contributed by atoms with Gasteiger partial charge in [0.2, 0.25) is 15.0 Å². The monoisotopic (exact) mass is 380 g/mol. The van der Waals surface area contributed by atoms with Crippen LogP contribution in [0.1, 0.15) is 33.6 Å². The summed E-state index contributed by atoms with van der Waals surface area (Å²) in [6.45, 7) is 7.79. The normalized spacial score (nSPS) is 22.7. The lowest BCUT2D eigenvalue weighted by molar-refractivity contribution is -0.128. The highest BCUT2D eigenvalue weighted by molar-refractivity contribution is 8.13. The van der Waals surface area contributed by atoms with Gasteiger partial charge >= 0.3 is 6.09 Å². The Morgan fingerprint density at radius 3 is 2.42 bits per heavy atom. The van der Waals surface area contributed by atoms with Crippen molar-refractivity contribution in [3.63, 3.8) is 0 Å². The van der Waals surface area contributed by atoms with Gasteiger partial charge in [0.15, 0.2) is 0 Å². The summed E-state index contributed by atoms with van der Waals surface area (Å²) in [6.07, 6.45) is 0.731. The predicted octanol–water partition coefficient (Wildman–Crippen LogP) is 1.66. The van der Waals surface area contributed by atoms with Crippen LogP contribution in [0.4, 0.5) is 4.79 Å². The lowest BCUT2D eigenvalue weighted by Gasteiger charge is -2.40. The third-order valence-corrected chi connectivity index (χ3v) is 5.39. The Morgan fingerprint density at radius 1 is 1.25 bits per heavy atom. The number of hydrogen-bond acceptors (Lipinski definition) is 5. The van der Waals surface area contributed by atoms with E-state index in [9.17, 15) is 18.0 Å². The van der Waals surface area contributed by atoms with Gasteiger partial charge < -0.3 is 14.5 Å². The molecule has 7 nitrogen and oxygen atoms in total. The summed E-state index contributed by atoms with van der Waals surface area (Å²) in [6, 6.07) is 0. The van der Waals surface area contributed by atoms with Gasteiger partial charge in [-0.15, -0.1) is 0 Å². The molecule has 2 amide bonds. The molecule has 0 spiro atoms. The fraction of sp³-hybridized carbons (Fsp3) is 0.867. The van der Waals surface area contributed by atoms with Crippen molar-refractivity contribution < 1.29 is 22.7 Å². The predicted molar refractivity (Wildman–Crippen MR) is 90.2 cm³/mol. The summed E-state index contributed by atoms with van der Waals surface area (Å²) in [7, 11) is 1.68. The van der Waals surface area contributed by atoms with Gasteiger partial charge in [0.1, 0.15) is 5.60 Å². The molecule has 2 saturated heterocycles. The maximum absolute atomic E-state index is 11.9. The molecular formula is C15H25ClN2O5S. The SMILES string of the molecule is CC(C)(C)OC(=O)N1CC(CCN2CC(CS(=O)(=O)Cl)CC2=O)C1. The Bertz CT molecular complexity index is 595. The van der Waals surface area contributed by atoms with Crippen molar-refractivity contribution in [1.82, 2.24) is 9.80 Å². The van der Waals surface area contributed by atoms with E-state index in [2.05, 4.69) is 0 Å². The Labute approximate surface area is 147 Å². The molecular weight excluding hydrogens is 356 g/mol. The summed E-state index contributed by atoms with van der Waals surface area (Å²) in [5.41, 5.74) is -0.498. The molecule has 0 aromatic carbocycles. The van der Waals surface area contributed by atoms with Crippen molar-refractivity contribution in [3.8, 4) is 0 Å². The van der Waals surface area contributed by atoms with E-state index in [4.69, 9.17) is 15.4 Å². The van der Waals surface area contributed by atoms with Crippen molar-refractivity contribution in [2.45, 2.75) is 39.2 Å². The van der Waals surface area contributed by atoms with Crippen LogP contribution in [0, 0.1) is 11.8 Å². The van der Waals surface area contributed by atoms with Crippen molar-refractivity contribution >= 4 is 31.7 Å². The molecule has 2 aliphatic heterocycles. The smallest absolute Gasteiger partial charge is 0.410 e. The summed E-state index contributed by atoms with van der Waals surface area (Å²) in [5.74, 6) is -0.0588. The molecule has 138 valence electrons. The number of carbonyl (C=O) groups is 2. The van der Waals surface area contributed by atoms with E-state index in [0.717, 1.165) is 6.42 Å². The highest BCUT2D eigenvalue weighted by Gasteiger charge is 2.36. The maximum atomic E-state index is 11.9. The molecule has 24 heavy (non-hydrogen) atoms. The number of amides is 2. The van der Waals surface area contributed by atoms with Crippen LogP contribution in [0.25, 0.3) is 0 Å². The van der Waals surface area contributed by atoms with Crippen molar-refractivity contribution in [3.05, 3.63) is 0 Å². The van der Waals surface area contributed by atoms with E-state index in [0.29, 0.717) is 32.1 Å². The molecule has 2 fully saturated rings. The molecule has 2 aliphatic rings. The number of likely N-dealkylation sites (tertiary alicyclic amines) is 2. The Hall–Kier alpha value is -1.02. The molecule has 0 bridgehead atoms. The van der Waals surface area contributed by atoms with E-state index in [1.807, 2.05) is 20.8 Å². The summed E-state index contributed by atoms with van der Waals surface area (Å²) >= 11 is 0. The molecule has 0 aromatic heterocycles. The molecule has 0 radical (unpaired) electrons. The van der Waals surface area contributed by atoms with Crippen LogP contribution >= 0.6 is 10.7 Å². The number of hydrogen-bond donors (Lipinski definition) is 0. The van der Waals surface area contributed by atoms with E-state index >= 15 is 0 Å². The van der Waals surface area contributed by atoms with Gasteiger partial charge in [-0.05, 0) is 33.1 Å². The average molecular weight is 381 g/mol. The number of ether oxygens (including phenoxy) is 1. The van der Waals surface area contributed by atoms with Crippen molar-refractivity contribution in [1.29, 1.82) is 0 Å². The average Bonchev–Trinajstić information content (AvgIpc) is 2.62. The summed E-state index contributed by atoms with van der Waals surface area (Å²) < 4.78 is 27.5. The van der Waals surface area contributed by atoms with Gasteiger partial charge in [0, 0.05) is 49.2 Å². The van der Waals surface area contributed by atoms with Crippen LogP contribution in [0.5, 0.6) is 0 Å². The molecule has 9 heteroatoms. The molecule has 0 saturated carbocycles. The molecule has 1 unspecified atom stereocenters. The zero-order chi connectivity index (χ0) is 18.1. The second-order valence-electron chi connectivity index (χ2n) is 7.66. The van der Waals surface area contributed by atoms with E-state index in [1.54, 1.807) is 9.80 Å². The van der Waals surface area contributed by atoms with Crippen molar-refractivity contribution in [2.75, 3.05) is 31.9 Å². The van der Waals surface area contributed by atoms with E-state index in [1.165, 1.54) is 0 Å². The zero-order valence-corrected chi connectivity index (χ0v) is 15.9. The highest BCUT2D eigenvalue weighted by atomic mass is 35.7. The second-order valence-corrected chi connectivity index (χ2v) is 10.5. The van der Waals surface area contributed by atoms with Crippen LogP contribution in [-0.4, -0.2) is 67.8 Å². The van der Waals surface area contributed by atoms with Gasteiger partial charge in [-0.1, -0.05) is 0 Å². The molecule has 2 rings (SSSR count). The summed E-state index contributed by atoms with van der Waals surface area (Å²) in [4.78, 5) is 27.1. The van der Waals surface area contributed by atoms with Gasteiger partial charge in [-0.3, -0.25) is 4.79 Å². The lowest BCUT2D eigenvalue weighted by atomic mass is 9.97. The number of carbonyl (C=O) groups excluding carboxylic acids is 2. The standard InChI is InChI=1S/C15H25ClN2O5S/c1-15(2,3)23-14(20)18-7-11(8-18)4-5-17-9-12(6-13(17)19)10-24(16,21)22/h11-12H,4-10H2,1-3H3. The van der Waals surface area contributed by atoms with Crippen LogP contribution in [-0.2, 0) is 18.6 Å². The maximum Gasteiger partial charge on any atom is 0.410 e. The molecule has 2 heterocycles. The largest absolute Gasteiger partial charge is 0.444 e. The minimum absolute atomic E-state index is 0.0244. The highest BCUT2D eigenvalue weighted by Crippen LogP contribution is 2.25. The van der Waals surface area contributed by atoms with Crippen LogP contribution in [0.15, 0.2) is 0 Å². The fourth-order valence-electron chi connectivity index (χ4n) is 3.03. The van der Waals surface area contributed by atoms with Crippen LogP contribution in [0.3, 0.4) is 0 Å². The van der Waals surface area contributed by atoms with Gasteiger partial charge in [-0.2, -0.15) is 0 Å². The first kappa shape index (κ1) is 19.3. The molecule has 0 N–H and O–H groups in total. The minimum atomic E-state index is -3.58. The first-order valence-corrected chi connectivity index (χ1v) is 10.6. The Morgan fingerprint density at radius 2 is 1.88 bits per heavy atom. The molecule has 1 atom stereocenters. The third kappa shape index (κ3) is 5.81. The third-order valence-electron chi connectivity index (χ3n) is 4.15. The quantitative estimate of drug-likeness (QED) is 0.677. The van der Waals surface area contributed by atoms with E-state index < -0.39 is 14.7 Å². The topological polar surface area (TPSA) is 84.0 Å². The first-order valence-electron chi connectivity index (χ1n) is 8.11. The van der Waals surface area contributed by atoms with Gasteiger partial charge in [0.25, 0.3) is 0 Å². The van der Waals surface area contributed by atoms with E-state index in [-0.39, 0.29) is 30.1 Å². The Balaban J connectivity index is 1.69. The summed E-state index contributed by atoms with van der Waals surface area (Å²) in [5, 5.41) is 0. The first-order chi connectivity index (χ1) is 10.9. The fourth-order valence-corrected chi connectivity index (χ4v) is 4.35. The lowest BCUT2D eigenvalue weighted by Crippen LogP contribution is -2.52. The van der Waals surface area contributed by atoms with Gasteiger partial charge in [-0.25, -0.2) is 13.2 Å². The number of nitrogens with zero attached hydrogens (tertiary/aromatic N) is 2. The van der Waals surface area contributed by atoms with Gasteiger partial charge in [0.05, 0.1) is 5.75 Å². The van der Waals surface area contributed by atoms with Crippen LogP contribution in [0.2, 0.25) is 0 Å². The van der Waals surface area contributed by atoms with Crippen LogP contribution < -0.4 is 0 Å². The Kier molecular flexibility index (Phi) is 5.69. The molecule has 0 aliphatic carbocycles.